The van der Waals surface area contributed by atoms with Crippen molar-refractivity contribution < 1.29 is 9.53 Å². The van der Waals surface area contributed by atoms with E-state index in [1.807, 2.05) is 12.1 Å². The van der Waals surface area contributed by atoms with Gasteiger partial charge in [0.05, 0.1) is 13.2 Å². The van der Waals surface area contributed by atoms with Gasteiger partial charge in [-0.2, -0.15) is 0 Å². The number of nitrogens with zero attached hydrogens (tertiary/aromatic N) is 1. The first-order chi connectivity index (χ1) is 9.10. The van der Waals surface area contributed by atoms with Crippen LogP contribution in [0.4, 0.5) is 0 Å². The zero-order chi connectivity index (χ0) is 14.0. The Bertz CT molecular complexity index is 491. The second-order valence-electron chi connectivity index (χ2n) is 4.69. The molecule has 0 heterocycles. The van der Waals surface area contributed by atoms with E-state index in [2.05, 4.69) is 0 Å². The van der Waals surface area contributed by atoms with E-state index in [1.54, 1.807) is 19.1 Å². The molecule has 1 atom stereocenters. The van der Waals surface area contributed by atoms with Crippen LogP contribution in [-0.2, 0) is 11.2 Å². The molecule has 1 aliphatic carbocycles. The SMILES string of the molecule is COc1ccc(Cl)c2c1CCCC2N(C)C(=O)CCl. The number of ether oxygens (including phenoxy) is 1. The summed E-state index contributed by atoms with van der Waals surface area (Å²) >= 11 is 12.0. The Morgan fingerprint density at radius 1 is 1.53 bits per heavy atom. The Morgan fingerprint density at radius 3 is 2.89 bits per heavy atom. The predicted octanol–water partition coefficient (Wildman–Crippen LogP) is 3.42. The summed E-state index contributed by atoms with van der Waals surface area (Å²) in [5.41, 5.74) is 2.12. The fraction of sp³-hybridized carbons (Fsp3) is 0.500. The molecule has 0 saturated carbocycles. The molecular weight excluding hydrogens is 285 g/mol. The lowest BCUT2D eigenvalue weighted by molar-refractivity contribution is -0.129. The van der Waals surface area contributed by atoms with Crippen LogP contribution in [0, 0.1) is 0 Å². The lowest BCUT2D eigenvalue weighted by atomic mass is 9.86. The number of hydrogen-bond donors (Lipinski definition) is 0. The third-order valence-electron chi connectivity index (χ3n) is 3.69. The highest BCUT2D eigenvalue weighted by Gasteiger charge is 2.30. The number of hydrogen-bond acceptors (Lipinski definition) is 2. The lowest BCUT2D eigenvalue weighted by Crippen LogP contribution is -2.34. The van der Waals surface area contributed by atoms with Gasteiger partial charge in [-0.15, -0.1) is 11.6 Å². The molecule has 0 radical (unpaired) electrons. The van der Waals surface area contributed by atoms with Crippen LogP contribution in [0.3, 0.4) is 0 Å². The summed E-state index contributed by atoms with van der Waals surface area (Å²) in [4.78, 5) is 13.5. The van der Waals surface area contributed by atoms with Gasteiger partial charge in [0, 0.05) is 23.2 Å². The maximum absolute atomic E-state index is 11.8. The van der Waals surface area contributed by atoms with Gasteiger partial charge >= 0.3 is 0 Å². The number of fused-ring (bicyclic) bond motifs is 1. The number of halogens is 2. The zero-order valence-corrected chi connectivity index (χ0v) is 12.6. The maximum atomic E-state index is 11.8. The van der Waals surface area contributed by atoms with Gasteiger partial charge in [0.1, 0.15) is 11.6 Å². The summed E-state index contributed by atoms with van der Waals surface area (Å²) in [5, 5.41) is 0.690. The number of carbonyl (C=O) groups is 1. The molecule has 1 aliphatic rings. The van der Waals surface area contributed by atoms with Crippen molar-refractivity contribution in [3.63, 3.8) is 0 Å². The number of benzene rings is 1. The van der Waals surface area contributed by atoms with E-state index < -0.39 is 0 Å². The van der Waals surface area contributed by atoms with Crippen molar-refractivity contribution in [1.82, 2.24) is 4.90 Å². The van der Waals surface area contributed by atoms with Gasteiger partial charge in [0.25, 0.3) is 0 Å². The molecule has 104 valence electrons. The molecule has 0 fully saturated rings. The van der Waals surface area contributed by atoms with Gasteiger partial charge in [-0.3, -0.25) is 4.79 Å². The normalized spacial score (nSPS) is 17.8. The smallest absolute Gasteiger partial charge is 0.237 e. The van der Waals surface area contributed by atoms with Crippen molar-refractivity contribution in [2.24, 2.45) is 0 Å². The molecule has 3 nitrogen and oxygen atoms in total. The average Bonchev–Trinajstić information content (AvgIpc) is 2.45. The second kappa shape index (κ2) is 6.02. The van der Waals surface area contributed by atoms with E-state index in [4.69, 9.17) is 27.9 Å². The first kappa shape index (κ1) is 14.5. The molecule has 1 aromatic carbocycles. The highest BCUT2D eigenvalue weighted by molar-refractivity contribution is 6.31. The van der Waals surface area contributed by atoms with Crippen LogP contribution in [0.1, 0.15) is 30.0 Å². The van der Waals surface area contributed by atoms with Crippen molar-refractivity contribution >= 4 is 29.1 Å². The topological polar surface area (TPSA) is 29.5 Å². The quantitative estimate of drug-likeness (QED) is 0.801. The van der Waals surface area contributed by atoms with E-state index in [9.17, 15) is 4.79 Å². The van der Waals surface area contributed by atoms with E-state index >= 15 is 0 Å². The Kier molecular flexibility index (Phi) is 4.58. The third-order valence-corrected chi connectivity index (χ3v) is 4.25. The molecule has 5 heteroatoms. The molecule has 0 aromatic heterocycles. The van der Waals surface area contributed by atoms with Crippen LogP contribution in [-0.4, -0.2) is 30.8 Å². The fourth-order valence-corrected chi connectivity index (χ4v) is 3.19. The lowest BCUT2D eigenvalue weighted by Gasteiger charge is -2.34. The molecule has 1 aromatic rings. The fourth-order valence-electron chi connectivity index (χ4n) is 2.70. The Balaban J connectivity index is 2.46. The van der Waals surface area contributed by atoms with Crippen LogP contribution in [0.5, 0.6) is 5.75 Å². The van der Waals surface area contributed by atoms with Crippen LogP contribution >= 0.6 is 23.2 Å². The van der Waals surface area contributed by atoms with E-state index in [0.717, 1.165) is 36.1 Å². The molecule has 1 unspecified atom stereocenters. The number of rotatable bonds is 3. The van der Waals surface area contributed by atoms with Gasteiger partial charge < -0.3 is 9.64 Å². The van der Waals surface area contributed by atoms with Gasteiger partial charge in [-0.25, -0.2) is 0 Å². The Labute approximate surface area is 123 Å². The standard InChI is InChI=1S/C14H17Cl2NO2/c1-17(13(18)8-15)11-5-3-4-9-12(19-2)7-6-10(16)14(9)11/h6-7,11H,3-5,8H2,1-2H3. The number of amides is 1. The summed E-state index contributed by atoms with van der Waals surface area (Å²) in [5.74, 6) is 0.749. The van der Waals surface area contributed by atoms with Gasteiger partial charge in [-0.1, -0.05) is 11.6 Å². The highest BCUT2D eigenvalue weighted by Crippen LogP contribution is 2.42. The maximum Gasteiger partial charge on any atom is 0.237 e. The Morgan fingerprint density at radius 2 is 2.26 bits per heavy atom. The predicted molar refractivity (Wildman–Crippen MR) is 77.2 cm³/mol. The zero-order valence-electron chi connectivity index (χ0n) is 11.1. The summed E-state index contributed by atoms with van der Waals surface area (Å²) in [6, 6.07) is 3.70. The molecule has 0 spiro atoms. The molecule has 0 saturated heterocycles. The summed E-state index contributed by atoms with van der Waals surface area (Å²) in [7, 11) is 3.43. The largest absolute Gasteiger partial charge is 0.496 e. The van der Waals surface area contributed by atoms with Crippen LogP contribution < -0.4 is 4.74 Å². The first-order valence-electron chi connectivity index (χ1n) is 6.27. The number of carbonyl (C=O) groups excluding carboxylic acids is 1. The Hall–Kier alpha value is -0.930. The van der Waals surface area contributed by atoms with E-state index in [0.29, 0.717) is 5.02 Å². The van der Waals surface area contributed by atoms with Crippen molar-refractivity contribution in [3.05, 3.63) is 28.3 Å². The molecule has 0 bridgehead atoms. The average molecular weight is 302 g/mol. The first-order valence-corrected chi connectivity index (χ1v) is 7.18. The van der Waals surface area contributed by atoms with Crippen LogP contribution in [0.15, 0.2) is 12.1 Å². The van der Waals surface area contributed by atoms with E-state index in [1.165, 1.54) is 0 Å². The van der Waals surface area contributed by atoms with Gasteiger partial charge in [0.2, 0.25) is 5.91 Å². The van der Waals surface area contributed by atoms with Crippen molar-refractivity contribution in [3.8, 4) is 5.75 Å². The van der Waals surface area contributed by atoms with Gasteiger partial charge in [-0.05, 0) is 31.4 Å². The summed E-state index contributed by atoms with van der Waals surface area (Å²) in [6.45, 7) is 0. The molecule has 1 amide bonds. The molecule has 2 rings (SSSR count). The monoisotopic (exact) mass is 301 g/mol. The number of methoxy groups -OCH3 is 1. The number of alkyl halides is 1. The van der Waals surface area contributed by atoms with Crippen molar-refractivity contribution in [2.75, 3.05) is 20.0 Å². The highest BCUT2D eigenvalue weighted by atomic mass is 35.5. The minimum absolute atomic E-state index is 0.01000. The van der Waals surface area contributed by atoms with E-state index in [-0.39, 0.29) is 17.8 Å². The van der Waals surface area contributed by atoms with Crippen molar-refractivity contribution in [1.29, 1.82) is 0 Å². The molecular formula is C14H17Cl2NO2. The summed E-state index contributed by atoms with van der Waals surface area (Å²) in [6.07, 6.45) is 2.84. The second-order valence-corrected chi connectivity index (χ2v) is 5.36. The molecule has 19 heavy (non-hydrogen) atoms. The molecule has 0 N–H and O–H groups in total. The van der Waals surface area contributed by atoms with Gasteiger partial charge in [0.15, 0.2) is 0 Å². The minimum Gasteiger partial charge on any atom is -0.496 e. The van der Waals surface area contributed by atoms with Crippen molar-refractivity contribution in [2.45, 2.75) is 25.3 Å². The third kappa shape index (κ3) is 2.67. The van der Waals surface area contributed by atoms with Crippen LogP contribution in [0.25, 0.3) is 0 Å². The van der Waals surface area contributed by atoms with Crippen LogP contribution in [0.2, 0.25) is 5.02 Å². The molecule has 0 aliphatic heterocycles. The minimum atomic E-state index is -0.0848. The summed E-state index contributed by atoms with van der Waals surface area (Å²) < 4.78 is 5.39.